The summed E-state index contributed by atoms with van der Waals surface area (Å²) in [6.45, 7) is 4.91. The number of anilines is 1. The lowest BCUT2D eigenvalue weighted by Gasteiger charge is -2.11. The van der Waals surface area contributed by atoms with E-state index in [2.05, 4.69) is 22.2 Å². The highest BCUT2D eigenvalue weighted by Crippen LogP contribution is 2.31. The largest absolute Gasteiger partial charge is 0.370 e. The first-order chi connectivity index (χ1) is 9.24. The molecule has 0 amide bonds. The van der Waals surface area contributed by atoms with Crippen molar-refractivity contribution in [3.05, 3.63) is 42.0 Å². The molecule has 1 aromatic heterocycles. The molecule has 0 spiro atoms. The molecule has 2 rings (SSSR count). The number of hydrogen-bond donors (Lipinski definition) is 1. The summed E-state index contributed by atoms with van der Waals surface area (Å²) in [6.07, 6.45) is 2.37. The van der Waals surface area contributed by atoms with Gasteiger partial charge in [0.1, 0.15) is 23.0 Å². The fraction of sp³-hybridized carbons (Fsp3) is 0.286. The van der Waals surface area contributed by atoms with E-state index < -0.39 is 0 Å². The number of hydrogen-bond acceptors (Lipinski definition) is 4. The van der Waals surface area contributed by atoms with Crippen LogP contribution in [-0.2, 0) is 6.42 Å². The molecule has 1 N–H and O–H groups in total. The van der Waals surface area contributed by atoms with Crippen LogP contribution in [-0.4, -0.2) is 16.5 Å². The van der Waals surface area contributed by atoms with E-state index in [-0.39, 0.29) is 5.82 Å². The smallest absolute Gasteiger partial charge is 0.133 e. The van der Waals surface area contributed by atoms with E-state index in [1.54, 1.807) is 12.4 Å². The summed E-state index contributed by atoms with van der Waals surface area (Å²) in [4.78, 5) is 9.40. The zero-order chi connectivity index (χ0) is 13.7. The van der Waals surface area contributed by atoms with Crippen LogP contribution in [0.25, 0.3) is 0 Å². The average Bonchev–Trinajstić information content (AvgIpc) is 2.39. The summed E-state index contributed by atoms with van der Waals surface area (Å²) in [6, 6.07) is 6.53. The van der Waals surface area contributed by atoms with Crippen molar-refractivity contribution in [2.75, 3.05) is 11.9 Å². The highest BCUT2D eigenvalue weighted by Gasteiger charge is 2.10. The predicted molar refractivity (Wildman–Crippen MR) is 76.1 cm³/mol. The molecule has 100 valence electrons. The van der Waals surface area contributed by atoms with Gasteiger partial charge in [0, 0.05) is 17.0 Å². The third-order valence-electron chi connectivity index (χ3n) is 2.61. The summed E-state index contributed by atoms with van der Waals surface area (Å²) >= 11 is 1.46. The van der Waals surface area contributed by atoms with Crippen LogP contribution in [0.2, 0.25) is 0 Å². The monoisotopic (exact) mass is 277 g/mol. The molecule has 3 nitrogen and oxygen atoms in total. The van der Waals surface area contributed by atoms with Gasteiger partial charge in [-0.05, 0) is 31.5 Å². The quantitative estimate of drug-likeness (QED) is 0.844. The molecule has 0 aliphatic heterocycles. The normalized spacial score (nSPS) is 10.5. The molecule has 0 radical (unpaired) electrons. The van der Waals surface area contributed by atoms with E-state index in [4.69, 9.17) is 0 Å². The maximum atomic E-state index is 13.2. The molecule has 2 aromatic rings. The van der Waals surface area contributed by atoms with Gasteiger partial charge in [0.05, 0.1) is 0 Å². The minimum absolute atomic E-state index is 0.232. The van der Waals surface area contributed by atoms with E-state index in [0.717, 1.165) is 34.3 Å². The van der Waals surface area contributed by atoms with Gasteiger partial charge in [0.2, 0.25) is 0 Å². The Balaban J connectivity index is 2.31. The lowest BCUT2D eigenvalue weighted by Crippen LogP contribution is -2.05. The zero-order valence-corrected chi connectivity index (χ0v) is 11.8. The predicted octanol–water partition coefficient (Wildman–Crippen LogP) is 3.76. The van der Waals surface area contributed by atoms with E-state index >= 15 is 0 Å². The van der Waals surface area contributed by atoms with Gasteiger partial charge >= 0.3 is 0 Å². The topological polar surface area (TPSA) is 37.8 Å². The van der Waals surface area contributed by atoms with Crippen LogP contribution in [0.4, 0.5) is 10.2 Å². The minimum atomic E-state index is -0.232. The van der Waals surface area contributed by atoms with Gasteiger partial charge in [-0.3, -0.25) is 0 Å². The van der Waals surface area contributed by atoms with E-state index in [9.17, 15) is 4.39 Å². The Labute approximate surface area is 116 Å². The molecule has 0 atom stereocenters. The molecule has 19 heavy (non-hydrogen) atoms. The van der Waals surface area contributed by atoms with Crippen molar-refractivity contribution in [1.82, 2.24) is 9.97 Å². The lowest BCUT2D eigenvalue weighted by atomic mass is 10.2. The van der Waals surface area contributed by atoms with Gasteiger partial charge in [0.15, 0.2) is 0 Å². The number of aromatic nitrogens is 2. The van der Waals surface area contributed by atoms with Crippen molar-refractivity contribution in [3.8, 4) is 0 Å². The molecule has 0 aliphatic carbocycles. The van der Waals surface area contributed by atoms with Crippen LogP contribution in [0.5, 0.6) is 0 Å². The number of halogens is 1. The standard InChI is InChI=1S/C14H16FN3S/c1-3-12-13(16-4-2)17-9-18-14(12)19-11-7-5-6-10(15)8-11/h5-9H,3-4H2,1-2H3,(H,16,17,18). The molecule has 0 fully saturated rings. The maximum absolute atomic E-state index is 13.2. The van der Waals surface area contributed by atoms with Crippen molar-refractivity contribution >= 4 is 17.6 Å². The molecule has 0 saturated heterocycles. The lowest BCUT2D eigenvalue weighted by molar-refractivity contribution is 0.624. The number of rotatable bonds is 5. The van der Waals surface area contributed by atoms with Crippen molar-refractivity contribution < 1.29 is 4.39 Å². The molecule has 5 heteroatoms. The van der Waals surface area contributed by atoms with E-state index in [1.807, 2.05) is 13.0 Å². The van der Waals surface area contributed by atoms with Gasteiger partial charge in [-0.1, -0.05) is 24.8 Å². The Hall–Kier alpha value is -1.62. The second kappa shape index (κ2) is 6.52. The first kappa shape index (κ1) is 13.8. The second-order valence-corrected chi connectivity index (χ2v) is 5.01. The van der Waals surface area contributed by atoms with Crippen molar-refractivity contribution in [2.24, 2.45) is 0 Å². The fourth-order valence-electron chi connectivity index (χ4n) is 1.76. The van der Waals surface area contributed by atoms with Gasteiger partial charge in [-0.15, -0.1) is 0 Å². The Morgan fingerprint density at radius 2 is 2.11 bits per heavy atom. The van der Waals surface area contributed by atoms with Crippen molar-refractivity contribution in [2.45, 2.75) is 30.2 Å². The Bertz CT molecular complexity index is 560. The van der Waals surface area contributed by atoms with Crippen LogP contribution >= 0.6 is 11.8 Å². The van der Waals surface area contributed by atoms with E-state index in [1.165, 1.54) is 23.9 Å². The van der Waals surface area contributed by atoms with Crippen LogP contribution in [0.15, 0.2) is 40.5 Å². The first-order valence-corrected chi connectivity index (χ1v) is 7.07. The van der Waals surface area contributed by atoms with Crippen LogP contribution in [0.1, 0.15) is 19.4 Å². The van der Waals surface area contributed by atoms with Crippen LogP contribution < -0.4 is 5.32 Å². The zero-order valence-electron chi connectivity index (χ0n) is 11.0. The Morgan fingerprint density at radius 3 is 2.79 bits per heavy atom. The summed E-state index contributed by atoms with van der Waals surface area (Å²) in [7, 11) is 0. The molecule has 0 saturated carbocycles. The van der Waals surface area contributed by atoms with Gasteiger partial charge in [-0.25, -0.2) is 14.4 Å². The summed E-state index contributed by atoms with van der Waals surface area (Å²) in [5, 5.41) is 4.10. The molecular weight excluding hydrogens is 261 g/mol. The molecule has 1 heterocycles. The Morgan fingerprint density at radius 1 is 1.26 bits per heavy atom. The number of nitrogens with zero attached hydrogens (tertiary/aromatic N) is 2. The Kier molecular flexibility index (Phi) is 4.74. The number of nitrogens with one attached hydrogen (secondary N) is 1. The third-order valence-corrected chi connectivity index (χ3v) is 3.65. The van der Waals surface area contributed by atoms with Gasteiger partial charge < -0.3 is 5.32 Å². The maximum Gasteiger partial charge on any atom is 0.133 e. The highest BCUT2D eigenvalue weighted by atomic mass is 32.2. The van der Waals surface area contributed by atoms with Crippen LogP contribution in [0.3, 0.4) is 0 Å². The van der Waals surface area contributed by atoms with Gasteiger partial charge in [-0.2, -0.15) is 0 Å². The summed E-state index contributed by atoms with van der Waals surface area (Å²) < 4.78 is 13.2. The highest BCUT2D eigenvalue weighted by molar-refractivity contribution is 7.99. The summed E-state index contributed by atoms with van der Waals surface area (Å²) in [5.74, 6) is 0.628. The number of benzene rings is 1. The van der Waals surface area contributed by atoms with Crippen molar-refractivity contribution in [1.29, 1.82) is 0 Å². The molecule has 0 unspecified atom stereocenters. The molecule has 0 aliphatic rings. The van der Waals surface area contributed by atoms with Gasteiger partial charge in [0.25, 0.3) is 0 Å². The van der Waals surface area contributed by atoms with Crippen LogP contribution in [0, 0.1) is 5.82 Å². The summed E-state index contributed by atoms with van der Waals surface area (Å²) in [5.41, 5.74) is 1.07. The van der Waals surface area contributed by atoms with Crippen molar-refractivity contribution in [3.63, 3.8) is 0 Å². The molecule has 1 aromatic carbocycles. The minimum Gasteiger partial charge on any atom is -0.370 e. The molecule has 0 bridgehead atoms. The second-order valence-electron chi connectivity index (χ2n) is 3.95. The average molecular weight is 277 g/mol. The fourth-order valence-corrected chi connectivity index (χ4v) is 2.77. The first-order valence-electron chi connectivity index (χ1n) is 6.25. The van der Waals surface area contributed by atoms with E-state index in [0.29, 0.717) is 0 Å². The third kappa shape index (κ3) is 3.44. The SMILES string of the molecule is CCNc1ncnc(Sc2cccc(F)c2)c1CC. The molecular formula is C14H16FN3S.